The van der Waals surface area contributed by atoms with Gasteiger partial charge >= 0.3 is 5.97 Å². The Bertz CT molecular complexity index is 1410. The van der Waals surface area contributed by atoms with Gasteiger partial charge in [0.25, 0.3) is 5.56 Å². The van der Waals surface area contributed by atoms with E-state index in [0.717, 1.165) is 4.88 Å². The first kappa shape index (κ1) is 23.8. The second-order valence-electron chi connectivity index (χ2n) is 7.28. The number of rotatable bonds is 7. The maximum absolute atomic E-state index is 13.6. The van der Waals surface area contributed by atoms with Gasteiger partial charge in [0, 0.05) is 4.88 Å². The van der Waals surface area contributed by atoms with E-state index >= 15 is 0 Å². The van der Waals surface area contributed by atoms with Gasteiger partial charge in [-0.1, -0.05) is 17.4 Å². The number of hydrogen-bond donors (Lipinski definition) is 0. The Morgan fingerprint density at radius 2 is 1.88 bits per heavy atom. The molecule has 1 aliphatic heterocycles. The summed E-state index contributed by atoms with van der Waals surface area (Å²) in [6.07, 6.45) is 1.75. The number of aromatic nitrogens is 1. The number of methoxy groups -OCH3 is 3. The summed E-state index contributed by atoms with van der Waals surface area (Å²) in [4.78, 5) is 32.4. The van der Waals surface area contributed by atoms with Crippen LogP contribution in [0.25, 0.3) is 6.08 Å². The Morgan fingerprint density at radius 1 is 1.18 bits per heavy atom. The molecule has 3 heterocycles. The van der Waals surface area contributed by atoms with Crippen molar-refractivity contribution in [2.45, 2.75) is 19.9 Å². The molecular weight excluding hydrogens is 476 g/mol. The van der Waals surface area contributed by atoms with E-state index in [1.807, 2.05) is 17.5 Å². The van der Waals surface area contributed by atoms with Crippen LogP contribution in [0, 0.1) is 0 Å². The van der Waals surface area contributed by atoms with Gasteiger partial charge in [0.15, 0.2) is 16.3 Å². The van der Waals surface area contributed by atoms with E-state index in [2.05, 4.69) is 4.99 Å². The summed E-state index contributed by atoms with van der Waals surface area (Å²) >= 11 is 2.73. The molecule has 8 nitrogen and oxygen atoms in total. The van der Waals surface area contributed by atoms with Gasteiger partial charge in [-0.2, -0.15) is 0 Å². The first-order valence-electron chi connectivity index (χ1n) is 10.5. The van der Waals surface area contributed by atoms with Crippen LogP contribution < -0.4 is 29.1 Å². The normalized spacial score (nSPS) is 15.6. The molecule has 1 aromatic carbocycles. The molecule has 34 heavy (non-hydrogen) atoms. The quantitative estimate of drug-likeness (QED) is 0.464. The summed E-state index contributed by atoms with van der Waals surface area (Å²) in [5, 5.41) is 1.92. The lowest BCUT2D eigenvalue weighted by Gasteiger charge is -2.23. The van der Waals surface area contributed by atoms with Gasteiger partial charge in [-0.15, -0.1) is 11.3 Å². The SMILES string of the molecule is CCOC(=O)C1=C(C)N=c2s/c(=C\c3cc(OC)c(OC)c(OC)c3)c(=O)n2[C@H]1c1cccs1. The Hall–Kier alpha value is -3.37. The molecule has 0 saturated heterocycles. The lowest BCUT2D eigenvalue weighted by Crippen LogP contribution is -2.39. The molecule has 0 unspecified atom stereocenters. The third-order valence-electron chi connectivity index (χ3n) is 5.31. The Balaban J connectivity index is 1.92. The molecule has 0 radical (unpaired) electrons. The molecule has 2 aromatic heterocycles. The summed E-state index contributed by atoms with van der Waals surface area (Å²) in [5.41, 5.74) is 1.37. The third kappa shape index (κ3) is 4.14. The molecule has 0 spiro atoms. The molecule has 0 aliphatic carbocycles. The maximum Gasteiger partial charge on any atom is 0.338 e. The van der Waals surface area contributed by atoms with E-state index in [1.54, 1.807) is 36.6 Å². The van der Waals surface area contributed by atoms with Crippen LogP contribution in [-0.2, 0) is 9.53 Å². The molecule has 178 valence electrons. The maximum atomic E-state index is 13.6. The fourth-order valence-corrected chi connectivity index (χ4v) is 5.71. The van der Waals surface area contributed by atoms with Crippen LogP contribution in [0.15, 0.2) is 50.7 Å². The lowest BCUT2D eigenvalue weighted by atomic mass is 10.0. The van der Waals surface area contributed by atoms with E-state index in [4.69, 9.17) is 18.9 Å². The number of thiophene rings is 1. The fourth-order valence-electron chi connectivity index (χ4n) is 3.84. The van der Waals surface area contributed by atoms with E-state index in [1.165, 1.54) is 44.0 Å². The minimum absolute atomic E-state index is 0.234. The van der Waals surface area contributed by atoms with Gasteiger partial charge in [-0.25, -0.2) is 9.79 Å². The number of hydrogen-bond acceptors (Lipinski definition) is 9. The molecule has 0 fully saturated rings. The highest BCUT2D eigenvalue weighted by atomic mass is 32.1. The zero-order valence-electron chi connectivity index (χ0n) is 19.4. The van der Waals surface area contributed by atoms with Crippen molar-refractivity contribution in [3.8, 4) is 17.2 Å². The number of carbonyl (C=O) groups is 1. The molecule has 0 N–H and O–H groups in total. The van der Waals surface area contributed by atoms with Crippen molar-refractivity contribution in [1.29, 1.82) is 0 Å². The van der Waals surface area contributed by atoms with E-state index in [-0.39, 0.29) is 12.2 Å². The van der Waals surface area contributed by atoms with Crippen LogP contribution in [0.5, 0.6) is 17.2 Å². The predicted molar refractivity (Wildman–Crippen MR) is 131 cm³/mol. The van der Waals surface area contributed by atoms with Crippen LogP contribution in [-0.4, -0.2) is 38.5 Å². The summed E-state index contributed by atoms with van der Waals surface area (Å²) in [7, 11) is 4.61. The minimum atomic E-state index is -0.600. The number of nitrogens with zero attached hydrogens (tertiary/aromatic N) is 2. The second kappa shape index (κ2) is 9.86. The first-order chi connectivity index (χ1) is 16.4. The highest BCUT2D eigenvalue weighted by Crippen LogP contribution is 2.38. The smallest absolute Gasteiger partial charge is 0.338 e. The number of fused-ring (bicyclic) bond motifs is 1. The predicted octanol–water partition coefficient (Wildman–Crippen LogP) is 2.89. The monoisotopic (exact) mass is 500 g/mol. The summed E-state index contributed by atoms with van der Waals surface area (Å²) in [6.45, 7) is 3.75. The van der Waals surface area contributed by atoms with E-state index in [0.29, 0.717) is 43.4 Å². The summed E-state index contributed by atoms with van der Waals surface area (Å²) in [5.74, 6) is 0.965. The first-order valence-corrected chi connectivity index (χ1v) is 12.2. The molecule has 10 heteroatoms. The Labute approximate surface area is 204 Å². The number of allylic oxidation sites excluding steroid dienone is 1. The van der Waals surface area contributed by atoms with Gasteiger partial charge in [-0.05, 0) is 49.1 Å². The van der Waals surface area contributed by atoms with Gasteiger partial charge in [0.2, 0.25) is 5.75 Å². The van der Waals surface area contributed by atoms with Crippen molar-refractivity contribution in [2.24, 2.45) is 4.99 Å². The lowest BCUT2D eigenvalue weighted by molar-refractivity contribution is -0.139. The molecule has 3 aromatic rings. The van der Waals surface area contributed by atoms with Crippen molar-refractivity contribution < 1.29 is 23.7 Å². The van der Waals surface area contributed by atoms with Crippen molar-refractivity contribution in [3.63, 3.8) is 0 Å². The van der Waals surface area contributed by atoms with Crippen LogP contribution in [0.2, 0.25) is 0 Å². The van der Waals surface area contributed by atoms with E-state index in [9.17, 15) is 9.59 Å². The molecule has 0 amide bonds. The number of benzene rings is 1. The molecule has 0 saturated carbocycles. The standard InChI is InChI=1S/C24H24N2O6S2/c1-6-32-23(28)19-13(2)25-24-26(20(19)17-8-7-9-33-17)22(27)18(34-24)12-14-10-15(29-3)21(31-5)16(11-14)30-4/h7-12,20H,6H2,1-5H3/b18-12-/t20-/m0/s1. The van der Waals surface area contributed by atoms with Crippen molar-refractivity contribution in [1.82, 2.24) is 4.57 Å². The van der Waals surface area contributed by atoms with E-state index < -0.39 is 12.0 Å². The van der Waals surface area contributed by atoms with Crippen molar-refractivity contribution >= 4 is 34.7 Å². The largest absolute Gasteiger partial charge is 0.493 e. The average molecular weight is 501 g/mol. The molecule has 1 aliphatic rings. The van der Waals surface area contributed by atoms with Gasteiger partial charge in [0.1, 0.15) is 6.04 Å². The van der Waals surface area contributed by atoms with Crippen LogP contribution >= 0.6 is 22.7 Å². The Morgan fingerprint density at radius 3 is 2.44 bits per heavy atom. The number of thiazole rings is 1. The number of carbonyl (C=O) groups excluding carboxylic acids is 1. The molecule has 0 bridgehead atoms. The van der Waals surface area contributed by atoms with Crippen molar-refractivity contribution in [3.05, 3.63) is 71.0 Å². The van der Waals surface area contributed by atoms with Crippen LogP contribution in [0.4, 0.5) is 0 Å². The summed E-state index contributed by atoms with van der Waals surface area (Å²) in [6, 6.07) is 6.74. The van der Waals surface area contributed by atoms with Crippen LogP contribution in [0.1, 0.15) is 30.3 Å². The van der Waals surface area contributed by atoms with Crippen molar-refractivity contribution in [2.75, 3.05) is 27.9 Å². The van der Waals surface area contributed by atoms with Gasteiger partial charge < -0.3 is 18.9 Å². The van der Waals surface area contributed by atoms with Crippen LogP contribution in [0.3, 0.4) is 0 Å². The topological polar surface area (TPSA) is 88.4 Å². The number of ether oxygens (including phenoxy) is 4. The summed E-state index contributed by atoms with van der Waals surface area (Å²) < 4.78 is 23.6. The van der Waals surface area contributed by atoms with Gasteiger partial charge in [0.05, 0.1) is 43.7 Å². The molecule has 1 atom stereocenters. The third-order valence-corrected chi connectivity index (χ3v) is 7.22. The number of esters is 1. The molecule has 4 rings (SSSR count). The highest BCUT2D eigenvalue weighted by Gasteiger charge is 2.33. The zero-order valence-corrected chi connectivity index (χ0v) is 21.0. The van der Waals surface area contributed by atoms with Gasteiger partial charge in [-0.3, -0.25) is 9.36 Å². The minimum Gasteiger partial charge on any atom is -0.493 e. The highest BCUT2D eigenvalue weighted by molar-refractivity contribution is 7.10. The Kier molecular flexibility index (Phi) is 6.90. The average Bonchev–Trinajstić information content (AvgIpc) is 3.46. The zero-order chi connectivity index (χ0) is 24.4. The fraction of sp³-hybridized carbons (Fsp3) is 0.292. The second-order valence-corrected chi connectivity index (χ2v) is 9.26. The molecular formula is C24H24N2O6S2.